The molecular weight excluding hydrogens is 546 g/mol. The molecule has 0 saturated carbocycles. The lowest BCUT2D eigenvalue weighted by Gasteiger charge is -2.26. The van der Waals surface area contributed by atoms with Crippen LogP contribution in [0.1, 0.15) is 47.0 Å². The molecular formula is C31H28ClN3O4S. The molecule has 2 aliphatic rings. The molecule has 2 aromatic carbocycles. The SMILES string of the molecule is CCc1ccc(-c2c(Cl)c(CN3C(=O)CCC3=O)nc3sc4c(c23)CCN(C(=O)OCc2ccccc2)C4)cc1. The van der Waals surface area contributed by atoms with Gasteiger partial charge in [-0.1, -0.05) is 73.1 Å². The van der Waals surface area contributed by atoms with Gasteiger partial charge in [0.2, 0.25) is 11.8 Å². The lowest BCUT2D eigenvalue weighted by Crippen LogP contribution is -2.35. The summed E-state index contributed by atoms with van der Waals surface area (Å²) in [4.78, 5) is 47.4. The summed E-state index contributed by atoms with van der Waals surface area (Å²) in [6.07, 6.45) is 1.66. The van der Waals surface area contributed by atoms with Crippen LogP contribution in [0, 0.1) is 0 Å². The number of benzene rings is 2. The van der Waals surface area contributed by atoms with Gasteiger partial charge in [-0.25, -0.2) is 9.78 Å². The van der Waals surface area contributed by atoms with Crippen molar-refractivity contribution < 1.29 is 19.1 Å². The van der Waals surface area contributed by atoms with E-state index in [2.05, 4.69) is 31.2 Å². The second kappa shape index (κ2) is 11.0. The molecule has 6 rings (SSSR count). The molecule has 0 atom stereocenters. The Morgan fingerprint density at radius 1 is 1.00 bits per heavy atom. The van der Waals surface area contributed by atoms with Crippen molar-refractivity contribution in [3.05, 3.63) is 86.9 Å². The highest BCUT2D eigenvalue weighted by molar-refractivity contribution is 7.19. The zero-order valence-corrected chi connectivity index (χ0v) is 23.7. The molecule has 204 valence electrons. The summed E-state index contributed by atoms with van der Waals surface area (Å²) >= 11 is 8.58. The molecule has 1 fully saturated rings. The number of rotatable bonds is 6. The second-order valence-corrected chi connectivity index (χ2v) is 11.5. The van der Waals surface area contributed by atoms with Crippen molar-refractivity contribution in [2.45, 2.75) is 52.3 Å². The van der Waals surface area contributed by atoms with Crippen LogP contribution in [0.5, 0.6) is 0 Å². The number of pyridine rings is 1. The van der Waals surface area contributed by atoms with Gasteiger partial charge >= 0.3 is 6.09 Å². The lowest BCUT2D eigenvalue weighted by molar-refractivity contribution is -0.139. The number of halogens is 1. The minimum Gasteiger partial charge on any atom is -0.445 e. The van der Waals surface area contributed by atoms with Crippen molar-refractivity contribution in [1.82, 2.24) is 14.8 Å². The number of amides is 3. The summed E-state index contributed by atoms with van der Waals surface area (Å²) < 4.78 is 5.59. The van der Waals surface area contributed by atoms with Crippen LogP contribution in [0.3, 0.4) is 0 Å². The van der Waals surface area contributed by atoms with E-state index in [0.717, 1.165) is 43.8 Å². The molecule has 4 heterocycles. The quantitative estimate of drug-likeness (QED) is 0.245. The van der Waals surface area contributed by atoms with E-state index in [1.807, 2.05) is 30.3 Å². The van der Waals surface area contributed by atoms with Gasteiger partial charge in [0.25, 0.3) is 0 Å². The largest absolute Gasteiger partial charge is 0.445 e. The number of carbonyl (C=O) groups is 3. The van der Waals surface area contributed by atoms with E-state index in [1.54, 1.807) is 4.90 Å². The second-order valence-electron chi connectivity index (χ2n) is 10.1. The molecule has 3 amide bonds. The average molecular weight is 574 g/mol. The summed E-state index contributed by atoms with van der Waals surface area (Å²) in [5.41, 5.74) is 5.62. The fourth-order valence-electron chi connectivity index (χ4n) is 5.35. The number of hydrogen-bond donors (Lipinski definition) is 0. The number of imide groups is 1. The van der Waals surface area contributed by atoms with E-state index < -0.39 is 0 Å². The molecule has 0 unspecified atom stereocenters. The third kappa shape index (κ3) is 4.97. The zero-order valence-electron chi connectivity index (χ0n) is 22.1. The molecule has 1 saturated heterocycles. The van der Waals surface area contributed by atoms with E-state index in [9.17, 15) is 14.4 Å². The molecule has 0 spiro atoms. The average Bonchev–Trinajstić information content (AvgIpc) is 3.50. The number of carbonyl (C=O) groups excluding carboxylic acids is 3. The first-order valence-corrected chi connectivity index (χ1v) is 14.6. The van der Waals surface area contributed by atoms with Crippen molar-refractivity contribution in [2.24, 2.45) is 0 Å². The first-order chi connectivity index (χ1) is 19.4. The first kappa shape index (κ1) is 26.5. The van der Waals surface area contributed by atoms with Crippen molar-refractivity contribution in [2.75, 3.05) is 6.54 Å². The molecule has 2 aromatic heterocycles. The molecule has 0 aliphatic carbocycles. The Morgan fingerprint density at radius 3 is 2.42 bits per heavy atom. The van der Waals surface area contributed by atoms with E-state index >= 15 is 0 Å². The van der Waals surface area contributed by atoms with E-state index in [0.29, 0.717) is 30.2 Å². The maximum atomic E-state index is 12.9. The number of thiophene rings is 1. The topological polar surface area (TPSA) is 79.8 Å². The van der Waals surface area contributed by atoms with Crippen LogP contribution in [0.2, 0.25) is 5.02 Å². The van der Waals surface area contributed by atoms with E-state index in [-0.39, 0.29) is 43.9 Å². The molecule has 7 nitrogen and oxygen atoms in total. The maximum Gasteiger partial charge on any atom is 0.410 e. The molecule has 9 heteroatoms. The standard InChI is InChI=1S/C31H28ClN3O4S/c1-2-19-8-10-21(11-9-19)27-28-22-14-15-34(31(38)39-18-20-6-4-3-5-7-20)17-24(22)40-30(28)33-23(29(27)32)16-35-25(36)12-13-26(35)37/h3-11H,2,12-18H2,1H3. The van der Waals surface area contributed by atoms with Gasteiger partial charge in [-0.15, -0.1) is 11.3 Å². The molecule has 0 radical (unpaired) electrons. The Kier molecular flexibility index (Phi) is 7.29. The normalized spacial score (nSPS) is 15.2. The smallest absolute Gasteiger partial charge is 0.410 e. The van der Waals surface area contributed by atoms with Gasteiger partial charge in [0.1, 0.15) is 11.4 Å². The Morgan fingerprint density at radius 2 is 1.73 bits per heavy atom. The minimum absolute atomic E-state index is 0.0486. The summed E-state index contributed by atoms with van der Waals surface area (Å²) in [7, 11) is 0. The fourth-order valence-corrected chi connectivity index (χ4v) is 6.92. The number of fused-ring (bicyclic) bond motifs is 3. The Balaban J connectivity index is 1.36. The van der Waals surface area contributed by atoms with Crippen LogP contribution in [-0.4, -0.2) is 39.2 Å². The molecule has 40 heavy (non-hydrogen) atoms. The van der Waals surface area contributed by atoms with Crippen LogP contribution >= 0.6 is 22.9 Å². The maximum absolute atomic E-state index is 12.9. The number of nitrogens with zero attached hydrogens (tertiary/aromatic N) is 3. The predicted molar refractivity (Wildman–Crippen MR) is 155 cm³/mol. The summed E-state index contributed by atoms with van der Waals surface area (Å²) in [5.74, 6) is -0.404. The lowest BCUT2D eigenvalue weighted by atomic mass is 9.95. The Labute approximate surface area is 241 Å². The Hall–Kier alpha value is -3.75. The van der Waals surface area contributed by atoms with Gasteiger partial charge in [0, 0.05) is 35.2 Å². The molecule has 2 aliphatic heterocycles. The van der Waals surface area contributed by atoms with E-state index in [1.165, 1.54) is 21.8 Å². The number of hydrogen-bond acceptors (Lipinski definition) is 6. The summed E-state index contributed by atoms with van der Waals surface area (Å²) in [6, 6.07) is 17.9. The van der Waals surface area contributed by atoms with Gasteiger partial charge in [0.05, 0.1) is 23.8 Å². The fraction of sp³-hybridized carbons (Fsp3) is 0.290. The first-order valence-electron chi connectivity index (χ1n) is 13.4. The van der Waals surface area contributed by atoms with Crippen molar-refractivity contribution in [3.63, 3.8) is 0 Å². The summed E-state index contributed by atoms with van der Waals surface area (Å²) in [6.45, 7) is 3.33. The monoisotopic (exact) mass is 573 g/mol. The third-order valence-corrected chi connectivity index (χ3v) is 9.09. The van der Waals surface area contributed by atoms with Crippen LogP contribution < -0.4 is 0 Å². The molecule has 0 N–H and O–H groups in total. The van der Waals surface area contributed by atoms with Gasteiger partial charge in [0.15, 0.2) is 0 Å². The number of ether oxygens (including phenoxy) is 1. The highest BCUT2D eigenvalue weighted by atomic mass is 35.5. The van der Waals surface area contributed by atoms with Gasteiger partial charge in [-0.3, -0.25) is 14.5 Å². The van der Waals surface area contributed by atoms with Gasteiger partial charge in [-0.2, -0.15) is 0 Å². The highest BCUT2D eigenvalue weighted by Crippen LogP contribution is 2.44. The zero-order chi connectivity index (χ0) is 27.8. The minimum atomic E-state index is -0.347. The van der Waals surface area contributed by atoms with Crippen LogP contribution in [-0.2, 0) is 46.9 Å². The van der Waals surface area contributed by atoms with E-state index in [4.69, 9.17) is 21.3 Å². The molecule has 0 bridgehead atoms. The summed E-state index contributed by atoms with van der Waals surface area (Å²) in [5, 5.41) is 1.43. The van der Waals surface area contributed by atoms with Crippen LogP contribution in [0.4, 0.5) is 4.79 Å². The highest BCUT2D eigenvalue weighted by Gasteiger charge is 2.32. The number of aromatic nitrogens is 1. The van der Waals surface area contributed by atoms with Gasteiger partial charge in [-0.05, 0) is 35.1 Å². The number of likely N-dealkylation sites (tertiary alicyclic amines) is 1. The van der Waals surface area contributed by atoms with Crippen LogP contribution in [0.25, 0.3) is 21.3 Å². The third-order valence-electron chi connectivity index (χ3n) is 7.57. The predicted octanol–water partition coefficient (Wildman–Crippen LogP) is 6.52. The van der Waals surface area contributed by atoms with Crippen LogP contribution in [0.15, 0.2) is 54.6 Å². The van der Waals surface area contributed by atoms with Crippen molar-refractivity contribution >= 4 is 51.1 Å². The van der Waals surface area contributed by atoms with Gasteiger partial charge < -0.3 is 9.64 Å². The molecule has 4 aromatic rings. The Bertz CT molecular complexity index is 1600. The number of aryl methyl sites for hydroxylation is 1. The van der Waals surface area contributed by atoms with Crippen molar-refractivity contribution in [1.29, 1.82) is 0 Å². The van der Waals surface area contributed by atoms with Crippen molar-refractivity contribution in [3.8, 4) is 11.1 Å².